The van der Waals surface area contributed by atoms with Gasteiger partial charge in [-0.1, -0.05) is 36.4 Å². The smallest absolute Gasteiger partial charge is 0.343 e. The fourth-order valence-electron chi connectivity index (χ4n) is 3.42. The zero-order chi connectivity index (χ0) is 26.6. The maximum Gasteiger partial charge on any atom is 0.460 e. The SMILES string of the molecule is Cn1c2c(c3ccccc31)CSc1ccccc1-2.O=S(=O)(O)C(F)(F)C(F)(F)C(F)(F)C(F)(F)F. The molecule has 0 saturated heterocycles. The van der Waals surface area contributed by atoms with E-state index in [0.29, 0.717) is 0 Å². The summed E-state index contributed by atoms with van der Waals surface area (Å²) in [6, 6.07) is 17.4. The lowest BCUT2D eigenvalue weighted by atomic mass is 10.1. The van der Waals surface area contributed by atoms with E-state index < -0.39 is 33.4 Å². The molecule has 3 aromatic rings. The third-order valence-corrected chi connectivity index (χ3v) is 7.17. The van der Waals surface area contributed by atoms with Crippen LogP contribution in [-0.2, 0) is 22.9 Å². The first-order valence-electron chi connectivity index (χ1n) is 9.32. The third kappa shape index (κ3) is 4.27. The van der Waals surface area contributed by atoms with Gasteiger partial charge in [0, 0.05) is 34.2 Å². The molecule has 0 bridgehead atoms. The Morgan fingerprint density at radius 2 is 1.40 bits per heavy atom. The molecule has 0 radical (unpaired) electrons. The molecule has 192 valence electrons. The van der Waals surface area contributed by atoms with Crippen LogP contribution in [0.5, 0.6) is 0 Å². The Kier molecular flexibility index (Phi) is 6.70. The highest BCUT2D eigenvalue weighted by atomic mass is 32.2. The van der Waals surface area contributed by atoms with Gasteiger partial charge in [0.25, 0.3) is 0 Å². The summed E-state index contributed by atoms with van der Waals surface area (Å²) in [5.41, 5.74) is 5.59. The molecule has 0 unspecified atom stereocenters. The van der Waals surface area contributed by atoms with Crippen molar-refractivity contribution in [2.45, 2.75) is 33.9 Å². The van der Waals surface area contributed by atoms with Crippen molar-refractivity contribution < 1.29 is 52.5 Å². The van der Waals surface area contributed by atoms with Crippen LogP contribution < -0.4 is 0 Å². The fraction of sp³-hybridized carbons (Fsp3) is 0.300. The quantitative estimate of drug-likeness (QED) is 0.289. The van der Waals surface area contributed by atoms with E-state index in [1.165, 1.54) is 32.6 Å². The van der Waals surface area contributed by atoms with Gasteiger partial charge in [-0.2, -0.15) is 47.9 Å². The molecule has 0 spiro atoms. The van der Waals surface area contributed by atoms with Gasteiger partial charge in [0.15, 0.2) is 0 Å². The number of hydrogen-bond donors (Lipinski definition) is 1. The summed E-state index contributed by atoms with van der Waals surface area (Å²) >= 11 is 1.95. The van der Waals surface area contributed by atoms with Crippen molar-refractivity contribution in [3.8, 4) is 11.3 Å². The Hall–Kier alpha value is -2.39. The van der Waals surface area contributed by atoms with Gasteiger partial charge in [0.2, 0.25) is 0 Å². The van der Waals surface area contributed by atoms with Gasteiger partial charge in [-0.3, -0.25) is 4.55 Å². The normalized spacial score (nSPS) is 14.7. The van der Waals surface area contributed by atoms with Crippen LogP contribution >= 0.6 is 11.8 Å². The molecule has 1 aliphatic rings. The van der Waals surface area contributed by atoms with Gasteiger partial charge < -0.3 is 4.57 Å². The molecule has 1 aromatic heterocycles. The summed E-state index contributed by atoms with van der Waals surface area (Å²) < 4.78 is 136. The van der Waals surface area contributed by atoms with E-state index in [9.17, 15) is 47.9 Å². The van der Waals surface area contributed by atoms with E-state index in [2.05, 4.69) is 60.1 Å². The highest BCUT2D eigenvalue weighted by Gasteiger charge is 2.85. The number of rotatable bonds is 3. The molecule has 4 rings (SSSR count). The van der Waals surface area contributed by atoms with Gasteiger partial charge in [-0.15, -0.1) is 11.8 Å². The number of thioether (sulfide) groups is 1. The fourth-order valence-corrected chi connectivity index (χ4v) is 4.96. The van der Waals surface area contributed by atoms with E-state index in [-0.39, 0.29) is 0 Å². The van der Waals surface area contributed by atoms with Crippen LogP contribution in [0.25, 0.3) is 22.2 Å². The summed E-state index contributed by atoms with van der Waals surface area (Å²) in [7, 11) is -4.99. The zero-order valence-corrected chi connectivity index (χ0v) is 18.9. The first-order valence-corrected chi connectivity index (χ1v) is 11.7. The maximum absolute atomic E-state index is 12.2. The van der Waals surface area contributed by atoms with Gasteiger partial charge in [-0.05, 0) is 17.7 Å². The molecule has 4 nitrogen and oxygen atoms in total. The predicted molar refractivity (Wildman–Crippen MR) is 110 cm³/mol. The van der Waals surface area contributed by atoms with Gasteiger partial charge in [0.1, 0.15) is 0 Å². The topological polar surface area (TPSA) is 59.3 Å². The number of halogens is 9. The molecular formula is C20H14F9NO3S2. The monoisotopic (exact) mass is 551 g/mol. The standard InChI is InChI=1S/C16H13NS.C4HF9O3S/c1-17-14-8-4-2-6-11(14)13-10-18-15-9-5-3-7-12(15)16(13)17;5-1(6,3(9,10)11)2(7,8)4(12,13)17(14,15)16/h2-9H,10H2,1H3;(H,14,15,16). The first-order chi connectivity index (χ1) is 15.9. The summed E-state index contributed by atoms with van der Waals surface area (Å²) in [5, 5.41) is -5.60. The molecule has 0 fully saturated rings. The van der Waals surface area contributed by atoms with Crippen LogP contribution in [0.1, 0.15) is 5.56 Å². The highest BCUT2D eigenvalue weighted by Crippen LogP contribution is 2.54. The molecule has 15 heteroatoms. The van der Waals surface area contributed by atoms with E-state index in [0.717, 1.165) is 5.75 Å². The van der Waals surface area contributed by atoms with Crippen molar-refractivity contribution in [3.63, 3.8) is 0 Å². The van der Waals surface area contributed by atoms with Crippen molar-refractivity contribution in [2.75, 3.05) is 0 Å². The van der Waals surface area contributed by atoms with Gasteiger partial charge >= 0.3 is 33.4 Å². The summed E-state index contributed by atoms with van der Waals surface area (Å²) in [6.45, 7) is 0. The van der Waals surface area contributed by atoms with Crippen molar-refractivity contribution in [1.29, 1.82) is 0 Å². The Balaban J connectivity index is 0.000000196. The lowest BCUT2D eigenvalue weighted by Crippen LogP contribution is -2.63. The third-order valence-electron chi connectivity index (χ3n) is 5.17. The van der Waals surface area contributed by atoms with Crippen LogP contribution in [-0.4, -0.2) is 40.8 Å². The molecule has 1 aliphatic heterocycles. The molecule has 0 amide bonds. The zero-order valence-electron chi connectivity index (χ0n) is 17.3. The van der Waals surface area contributed by atoms with Crippen molar-refractivity contribution in [1.82, 2.24) is 4.57 Å². The first kappa shape index (κ1) is 27.2. The highest BCUT2D eigenvalue weighted by molar-refractivity contribution is 7.98. The molecule has 0 saturated carbocycles. The molecule has 0 aliphatic carbocycles. The second-order valence-electron chi connectivity index (χ2n) is 7.33. The van der Waals surface area contributed by atoms with Crippen LogP contribution in [0.3, 0.4) is 0 Å². The second kappa shape index (κ2) is 8.62. The summed E-state index contributed by atoms with van der Waals surface area (Å²) in [5.74, 6) is -13.6. The minimum atomic E-state index is -7.37. The Morgan fingerprint density at radius 1 is 0.857 bits per heavy atom. The number of alkyl halides is 9. The van der Waals surface area contributed by atoms with E-state index in [4.69, 9.17) is 4.55 Å². The summed E-state index contributed by atoms with van der Waals surface area (Å²) in [6.07, 6.45) is -7.13. The lowest BCUT2D eigenvalue weighted by Gasteiger charge is -2.31. The van der Waals surface area contributed by atoms with E-state index >= 15 is 0 Å². The minimum absolute atomic E-state index is 1.08. The number of aromatic nitrogens is 1. The maximum atomic E-state index is 12.2. The van der Waals surface area contributed by atoms with E-state index in [1.54, 1.807) is 0 Å². The van der Waals surface area contributed by atoms with Crippen LogP contribution in [0, 0.1) is 0 Å². The number of aryl methyl sites for hydroxylation is 1. The molecule has 2 heterocycles. The minimum Gasteiger partial charge on any atom is -0.343 e. The lowest BCUT2D eigenvalue weighted by molar-refractivity contribution is -0.382. The Morgan fingerprint density at radius 3 is 1.97 bits per heavy atom. The number of hydrogen-bond acceptors (Lipinski definition) is 3. The van der Waals surface area contributed by atoms with Crippen LogP contribution in [0.4, 0.5) is 39.5 Å². The van der Waals surface area contributed by atoms with Crippen molar-refractivity contribution >= 4 is 32.8 Å². The Labute approximate surface area is 196 Å². The molecule has 2 aromatic carbocycles. The summed E-state index contributed by atoms with van der Waals surface area (Å²) in [4.78, 5) is 1.40. The number of benzene rings is 2. The molecule has 35 heavy (non-hydrogen) atoms. The van der Waals surface area contributed by atoms with Crippen molar-refractivity contribution in [3.05, 3.63) is 54.1 Å². The number of fused-ring (bicyclic) bond motifs is 5. The van der Waals surface area contributed by atoms with Crippen LogP contribution in [0.2, 0.25) is 0 Å². The Bertz CT molecular complexity index is 1370. The molecular weight excluding hydrogens is 537 g/mol. The average molecular weight is 551 g/mol. The van der Waals surface area contributed by atoms with Gasteiger partial charge in [0.05, 0.1) is 5.69 Å². The molecule has 0 atom stereocenters. The second-order valence-corrected chi connectivity index (χ2v) is 9.81. The van der Waals surface area contributed by atoms with Crippen molar-refractivity contribution in [2.24, 2.45) is 7.05 Å². The predicted octanol–water partition coefficient (Wildman–Crippen LogP) is 6.75. The number of nitrogens with zero attached hydrogens (tertiary/aromatic N) is 1. The average Bonchev–Trinajstić information content (AvgIpc) is 3.05. The van der Waals surface area contributed by atoms with E-state index in [1.807, 2.05) is 11.8 Å². The van der Waals surface area contributed by atoms with Crippen LogP contribution in [0.15, 0.2) is 53.4 Å². The largest absolute Gasteiger partial charge is 0.460 e. The molecule has 1 N–H and O–H groups in total. The number of para-hydroxylation sites is 1. The van der Waals surface area contributed by atoms with Gasteiger partial charge in [-0.25, -0.2) is 0 Å².